The third-order valence-corrected chi connectivity index (χ3v) is 10.2. The number of amides is 5. The van der Waals surface area contributed by atoms with Crippen molar-refractivity contribution in [1.82, 2.24) is 30.5 Å². The van der Waals surface area contributed by atoms with Crippen LogP contribution >= 0.6 is 0 Å². The Hall–Kier alpha value is -4.25. The minimum absolute atomic E-state index is 0.0236. The highest BCUT2D eigenvalue weighted by atomic mass is 32.2. The Balaban J connectivity index is 1.55. The summed E-state index contributed by atoms with van der Waals surface area (Å²) < 4.78 is 52.4. The first kappa shape index (κ1) is 37.6. The van der Waals surface area contributed by atoms with Crippen molar-refractivity contribution in [2.45, 2.75) is 95.1 Å². The molecule has 49 heavy (non-hydrogen) atoms. The van der Waals surface area contributed by atoms with Crippen LogP contribution in [0.4, 0.5) is 14.0 Å². The Morgan fingerprint density at radius 1 is 1.12 bits per heavy atom. The molecule has 0 bridgehead atoms. The number of halogens is 1. The van der Waals surface area contributed by atoms with E-state index < -0.39 is 86.7 Å². The first-order valence-electron chi connectivity index (χ1n) is 16.1. The number of rotatable bonds is 12. The number of ether oxygens (including phenoxy) is 2. The summed E-state index contributed by atoms with van der Waals surface area (Å²) >= 11 is 0. The lowest BCUT2D eigenvalue weighted by Gasteiger charge is -2.30. The molecule has 1 aliphatic carbocycles. The first-order valence-corrected chi connectivity index (χ1v) is 17.6. The van der Waals surface area contributed by atoms with Gasteiger partial charge in [-0.3, -0.25) is 24.0 Å². The summed E-state index contributed by atoms with van der Waals surface area (Å²) in [5.74, 6) is -3.66. The summed E-state index contributed by atoms with van der Waals surface area (Å²) in [7, 11) is -2.38. The number of carbonyl (C=O) groups is 5. The van der Waals surface area contributed by atoms with Gasteiger partial charge in [0.15, 0.2) is 0 Å². The van der Waals surface area contributed by atoms with Crippen LogP contribution in [0.25, 0.3) is 0 Å². The predicted molar refractivity (Wildman–Crippen MR) is 174 cm³/mol. The topological polar surface area (TPSA) is 193 Å². The molecule has 1 aromatic rings. The Morgan fingerprint density at radius 2 is 1.82 bits per heavy atom. The van der Waals surface area contributed by atoms with Gasteiger partial charge in [-0.2, -0.15) is 0 Å². The van der Waals surface area contributed by atoms with Gasteiger partial charge in [-0.25, -0.2) is 22.4 Å². The van der Waals surface area contributed by atoms with Gasteiger partial charge >= 0.3 is 12.2 Å². The zero-order chi connectivity index (χ0) is 36.3. The van der Waals surface area contributed by atoms with Crippen molar-refractivity contribution in [3.05, 3.63) is 47.8 Å². The van der Waals surface area contributed by atoms with Crippen LogP contribution in [-0.2, 0) is 47.0 Å². The molecule has 5 amide bonds. The van der Waals surface area contributed by atoms with Gasteiger partial charge in [0.2, 0.25) is 21.8 Å². The van der Waals surface area contributed by atoms with Crippen molar-refractivity contribution in [2.24, 2.45) is 5.92 Å². The second-order valence-electron chi connectivity index (χ2n) is 13.5. The largest absolute Gasteiger partial charge is 0.444 e. The summed E-state index contributed by atoms with van der Waals surface area (Å²) in [6.07, 6.45) is -0.639. The molecule has 2 heterocycles. The van der Waals surface area contributed by atoms with Crippen LogP contribution in [-0.4, -0.2) is 103 Å². The minimum Gasteiger partial charge on any atom is -0.444 e. The molecule has 17 heteroatoms. The second kappa shape index (κ2) is 15.1. The number of fused-ring (bicyclic) bond motifs is 1. The van der Waals surface area contributed by atoms with Gasteiger partial charge in [-0.05, 0) is 52.3 Å². The van der Waals surface area contributed by atoms with Crippen LogP contribution in [0.1, 0.15) is 58.1 Å². The van der Waals surface area contributed by atoms with E-state index >= 15 is 0 Å². The van der Waals surface area contributed by atoms with E-state index in [0.717, 1.165) is 4.90 Å². The van der Waals surface area contributed by atoms with Gasteiger partial charge in [-0.15, -0.1) is 6.58 Å². The summed E-state index contributed by atoms with van der Waals surface area (Å²) in [6, 6.07) is 0.659. The molecular formula is C32H45FN6O9S. The summed E-state index contributed by atoms with van der Waals surface area (Å²) in [5.41, 5.74) is 0.132. The van der Waals surface area contributed by atoms with Crippen molar-refractivity contribution < 1.29 is 46.3 Å². The minimum atomic E-state index is -3.94. The number of benzene rings is 1. The van der Waals surface area contributed by atoms with Gasteiger partial charge in [-0.1, -0.05) is 25.1 Å². The van der Waals surface area contributed by atoms with Crippen LogP contribution in [0, 0.1) is 11.7 Å². The fraction of sp³-hybridized carbons (Fsp3) is 0.594. The number of likely N-dealkylation sites (tertiary alicyclic amines) is 1. The standard InChI is InChI=1S/C32H45FN6O9S/c1-7-18(2)26(28(41)37-49(45,46)21-11-12-21)36-27(40)25-13-20(47-31(44)38-15-19-9-8-10-23(33)22(19)17-38)16-39(25)29(42)24(14-34-6)35-30(43)48-32(3,4)5/h7-10,18,20-21,24-26,34H,1,11-17H2,2-6H3,(H,35,43)(H,36,40)(H,37,41). The number of likely N-dealkylation sites (N-methyl/N-ethyl adjacent to an activating group) is 1. The number of alkyl carbamates (subject to hydrolysis) is 1. The van der Waals surface area contributed by atoms with Crippen molar-refractivity contribution in [1.29, 1.82) is 0 Å². The molecule has 4 rings (SSSR count). The molecule has 0 aromatic heterocycles. The van der Waals surface area contributed by atoms with Crippen LogP contribution in [0.2, 0.25) is 0 Å². The van der Waals surface area contributed by atoms with Gasteiger partial charge in [0, 0.05) is 31.0 Å². The highest BCUT2D eigenvalue weighted by molar-refractivity contribution is 7.90. The van der Waals surface area contributed by atoms with E-state index in [2.05, 4.69) is 22.5 Å². The van der Waals surface area contributed by atoms with Crippen molar-refractivity contribution in [3.8, 4) is 0 Å². The molecule has 0 spiro atoms. The summed E-state index contributed by atoms with van der Waals surface area (Å²) in [5, 5.41) is 7.21. The number of sulfonamides is 1. The number of hydrogen-bond donors (Lipinski definition) is 4. The number of carbonyl (C=O) groups excluding carboxylic acids is 5. The second-order valence-corrected chi connectivity index (χ2v) is 15.5. The third kappa shape index (κ3) is 9.47. The Morgan fingerprint density at radius 3 is 2.41 bits per heavy atom. The van der Waals surface area contributed by atoms with E-state index in [1.54, 1.807) is 46.9 Å². The molecule has 1 aromatic carbocycles. The smallest absolute Gasteiger partial charge is 0.410 e. The Bertz CT molecular complexity index is 1580. The van der Waals surface area contributed by atoms with Crippen LogP contribution in [0.15, 0.2) is 30.9 Å². The van der Waals surface area contributed by atoms with Crippen molar-refractivity contribution in [2.75, 3.05) is 20.1 Å². The molecule has 270 valence electrons. The fourth-order valence-electron chi connectivity index (χ4n) is 5.64. The van der Waals surface area contributed by atoms with E-state index in [-0.39, 0.29) is 32.6 Å². The lowest BCUT2D eigenvalue weighted by atomic mass is 10.0. The summed E-state index contributed by atoms with van der Waals surface area (Å²) in [4.78, 5) is 69.3. The van der Waals surface area contributed by atoms with Crippen LogP contribution in [0.3, 0.4) is 0 Å². The molecule has 2 aliphatic heterocycles. The SMILES string of the molecule is C=CC(C)C(NC(=O)C1CC(OC(=O)N2Cc3cccc(F)c3C2)CN1C(=O)C(CNC)NC(=O)OC(C)(C)C)C(=O)NS(=O)(=O)C1CC1. The van der Waals surface area contributed by atoms with E-state index in [4.69, 9.17) is 9.47 Å². The maximum Gasteiger partial charge on any atom is 0.410 e. The lowest BCUT2D eigenvalue weighted by Crippen LogP contribution is -2.59. The van der Waals surface area contributed by atoms with Gasteiger partial charge in [0.05, 0.1) is 18.3 Å². The molecule has 4 N–H and O–H groups in total. The molecular weight excluding hydrogens is 663 g/mol. The molecule has 0 radical (unpaired) electrons. The van der Waals surface area contributed by atoms with Gasteiger partial charge in [0.25, 0.3) is 5.91 Å². The normalized spacial score (nSPS) is 20.8. The fourth-order valence-corrected chi connectivity index (χ4v) is 6.97. The quantitative estimate of drug-likeness (QED) is 0.230. The molecule has 2 fully saturated rings. The molecule has 3 aliphatic rings. The van der Waals surface area contributed by atoms with Crippen molar-refractivity contribution in [3.63, 3.8) is 0 Å². The third-order valence-electron chi connectivity index (χ3n) is 8.38. The highest BCUT2D eigenvalue weighted by Gasteiger charge is 2.46. The van der Waals surface area contributed by atoms with E-state index in [0.29, 0.717) is 24.0 Å². The zero-order valence-electron chi connectivity index (χ0n) is 28.3. The molecule has 1 saturated carbocycles. The molecule has 15 nitrogen and oxygen atoms in total. The maximum atomic E-state index is 14.3. The van der Waals surface area contributed by atoms with Gasteiger partial charge < -0.3 is 30.3 Å². The number of nitrogens with one attached hydrogen (secondary N) is 4. The Kier molecular flexibility index (Phi) is 11.6. The summed E-state index contributed by atoms with van der Waals surface area (Å²) in [6.45, 7) is 9.97. The Labute approximate surface area is 285 Å². The van der Waals surface area contributed by atoms with E-state index in [1.165, 1.54) is 17.0 Å². The molecule has 1 saturated heterocycles. The van der Waals surface area contributed by atoms with E-state index in [9.17, 15) is 36.8 Å². The average Bonchev–Trinajstić information content (AvgIpc) is 3.66. The molecule has 5 atom stereocenters. The van der Waals surface area contributed by atoms with Crippen LogP contribution < -0.4 is 20.7 Å². The molecule has 5 unspecified atom stereocenters. The highest BCUT2D eigenvalue weighted by Crippen LogP contribution is 2.29. The average molecular weight is 709 g/mol. The van der Waals surface area contributed by atoms with Gasteiger partial charge in [0.1, 0.15) is 35.6 Å². The zero-order valence-corrected chi connectivity index (χ0v) is 29.1. The van der Waals surface area contributed by atoms with Crippen molar-refractivity contribution >= 4 is 39.9 Å². The lowest BCUT2D eigenvalue weighted by molar-refractivity contribution is -0.141. The number of nitrogens with zero attached hydrogens (tertiary/aromatic N) is 2. The first-order chi connectivity index (χ1) is 22.9. The van der Waals surface area contributed by atoms with E-state index in [1.807, 2.05) is 4.72 Å². The maximum absolute atomic E-state index is 14.3. The predicted octanol–water partition coefficient (Wildman–Crippen LogP) is 1.28. The monoisotopic (exact) mass is 708 g/mol. The number of hydrogen-bond acceptors (Lipinski definition) is 10. The van der Waals surface area contributed by atoms with Crippen LogP contribution in [0.5, 0.6) is 0 Å².